The first-order chi connectivity index (χ1) is 11.2. The Morgan fingerprint density at radius 3 is 2.75 bits per heavy atom. The molecule has 132 valence electrons. The van der Waals surface area contributed by atoms with Crippen LogP contribution in [0.2, 0.25) is 0 Å². The summed E-state index contributed by atoms with van der Waals surface area (Å²) in [5.74, 6) is -0.121. The molecule has 24 heavy (non-hydrogen) atoms. The molecule has 0 spiro atoms. The first-order valence-corrected chi connectivity index (χ1v) is 9.60. The van der Waals surface area contributed by atoms with Crippen LogP contribution in [-0.2, 0) is 14.8 Å². The van der Waals surface area contributed by atoms with E-state index < -0.39 is 10.0 Å². The van der Waals surface area contributed by atoms with Gasteiger partial charge in [0.1, 0.15) is 0 Å². The zero-order valence-electron chi connectivity index (χ0n) is 14.2. The van der Waals surface area contributed by atoms with Gasteiger partial charge in [0.15, 0.2) is 5.03 Å². The van der Waals surface area contributed by atoms with Crippen LogP contribution >= 0.6 is 0 Å². The highest BCUT2D eigenvalue weighted by Gasteiger charge is 2.45. The van der Waals surface area contributed by atoms with E-state index in [1.165, 1.54) is 25.4 Å². The third-order valence-electron chi connectivity index (χ3n) is 4.63. The van der Waals surface area contributed by atoms with Gasteiger partial charge in [-0.15, -0.1) is 0 Å². The molecule has 1 aromatic heterocycles. The number of carbonyl (C=O) groups is 1. The second-order valence-electron chi connectivity index (χ2n) is 6.94. The number of nitrogens with zero attached hydrogens (tertiary/aromatic N) is 2. The van der Waals surface area contributed by atoms with Gasteiger partial charge in [0.2, 0.25) is 0 Å². The van der Waals surface area contributed by atoms with Crippen LogP contribution in [0.5, 0.6) is 0 Å². The second-order valence-corrected chi connectivity index (χ2v) is 8.77. The van der Waals surface area contributed by atoms with Crippen molar-refractivity contribution in [1.29, 1.82) is 0 Å². The van der Waals surface area contributed by atoms with Crippen LogP contribution in [0.3, 0.4) is 0 Å². The summed E-state index contributed by atoms with van der Waals surface area (Å²) in [5, 5.41) is -0.0948. The summed E-state index contributed by atoms with van der Waals surface area (Å²) in [5.41, 5.74) is 0.0118. The van der Waals surface area contributed by atoms with Crippen molar-refractivity contribution in [1.82, 2.24) is 14.6 Å². The van der Waals surface area contributed by atoms with E-state index in [-0.39, 0.29) is 28.7 Å². The van der Waals surface area contributed by atoms with Crippen molar-refractivity contribution >= 4 is 15.9 Å². The summed E-state index contributed by atoms with van der Waals surface area (Å²) in [6.45, 7) is 4.49. The fourth-order valence-electron chi connectivity index (χ4n) is 3.53. The Balaban J connectivity index is 1.85. The maximum atomic E-state index is 12.9. The first kappa shape index (κ1) is 17.3. The molecular weight excluding hydrogens is 330 g/mol. The molecule has 2 fully saturated rings. The summed E-state index contributed by atoms with van der Waals surface area (Å²) in [4.78, 5) is 18.7. The number of ether oxygens (including phenoxy) is 1. The van der Waals surface area contributed by atoms with Gasteiger partial charge in [0.05, 0.1) is 23.3 Å². The fourth-order valence-corrected chi connectivity index (χ4v) is 4.18. The number of pyridine rings is 1. The number of rotatable bonds is 3. The van der Waals surface area contributed by atoms with Crippen LogP contribution in [0.15, 0.2) is 23.4 Å². The lowest BCUT2D eigenvalue weighted by atomic mass is 10.00. The first-order valence-electron chi connectivity index (χ1n) is 8.12. The summed E-state index contributed by atoms with van der Waals surface area (Å²) in [6, 6.07) is 2.97. The van der Waals surface area contributed by atoms with Gasteiger partial charge in [0.25, 0.3) is 15.9 Å². The average Bonchev–Trinajstić information content (AvgIpc) is 3.00. The predicted molar refractivity (Wildman–Crippen MR) is 88.1 cm³/mol. The zero-order valence-corrected chi connectivity index (χ0v) is 15.0. The van der Waals surface area contributed by atoms with E-state index in [4.69, 9.17) is 4.74 Å². The molecule has 1 saturated carbocycles. The number of sulfonamides is 1. The summed E-state index contributed by atoms with van der Waals surface area (Å²) >= 11 is 0. The monoisotopic (exact) mass is 353 g/mol. The topological polar surface area (TPSA) is 88.6 Å². The average molecular weight is 353 g/mol. The van der Waals surface area contributed by atoms with Crippen molar-refractivity contribution in [2.75, 3.05) is 13.6 Å². The van der Waals surface area contributed by atoms with Gasteiger partial charge >= 0.3 is 0 Å². The minimum atomic E-state index is -3.60. The van der Waals surface area contributed by atoms with Crippen LogP contribution < -0.4 is 4.72 Å². The van der Waals surface area contributed by atoms with Crippen LogP contribution in [-0.4, -0.2) is 55.5 Å². The van der Waals surface area contributed by atoms with E-state index in [9.17, 15) is 13.2 Å². The lowest BCUT2D eigenvalue weighted by molar-refractivity contribution is -0.142. The Labute approximate surface area is 142 Å². The number of hydrogen-bond donors (Lipinski definition) is 1. The molecule has 1 aliphatic heterocycles. The Kier molecular flexibility index (Phi) is 4.39. The highest BCUT2D eigenvalue weighted by Crippen LogP contribution is 2.36. The number of aromatic nitrogens is 1. The van der Waals surface area contributed by atoms with Gasteiger partial charge in [0, 0.05) is 12.7 Å². The Hall–Kier alpha value is -1.51. The van der Waals surface area contributed by atoms with Crippen molar-refractivity contribution in [3.8, 4) is 0 Å². The third-order valence-corrected chi connectivity index (χ3v) is 5.96. The molecule has 3 rings (SSSR count). The molecular formula is C16H23N3O4S. The maximum absolute atomic E-state index is 12.9. The van der Waals surface area contributed by atoms with Crippen molar-refractivity contribution in [2.24, 2.45) is 0 Å². The van der Waals surface area contributed by atoms with Gasteiger partial charge in [-0.3, -0.25) is 4.79 Å². The van der Waals surface area contributed by atoms with E-state index >= 15 is 0 Å². The number of hydrogen-bond acceptors (Lipinski definition) is 5. The molecule has 1 N–H and O–H groups in total. The maximum Gasteiger partial charge on any atom is 0.257 e. The fraction of sp³-hybridized carbons (Fsp3) is 0.625. The normalized spacial score (nSPS) is 26.2. The molecule has 0 unspecified atom stereocenters. The Bertz CT molecular complexity index is 730. The molecule has 0 aromatic carbocycles. The van der Waals surface area contributed by atoms with Gasteiger partial charge < -0.3 is 9.64 Å². The lowest BCUT2D eigenvalue weighted by Crippen LogP contribution is -2.58. The molecule has 0 bridgehead atoms. The Morgan fingerprint density at radius 2 is 2.12 bits per heavy atom. The number of amides is 1. The smallest absolute Gasteiger partial charge is 0.257 e. The molecule has 7 nitrogen and oxygen atoms in total. The molecule has 2 heterocycles. The second kappa shape index (κ2) is 6.09. The van der Waals surface area contributed by atoms with Gasteiger partial charge in [-0.25, -0.2) is 18.1 Å². The predicted octanol–water partition coefficient (Wildman–Crippen LogP) is 1.16. The van der Waals surface area contributed by atoms with Crippen molar-refractivity contribution in [2.45, 2.75) is 55.9 Å². The van der Waals surface area contributed by atoms with E-state index in [2.05, 4.69) is 9.71 Å². The van der Waals surface area contributed by atoms with E-state index in [0.29, 0.717) is 12.1 Å². The quantitative estimate of drug-likeness (QED) is 0.881. The minimum Gasteiger partial charge on any atom is -0.368 e. The molecule has 2 atom stereocenters. The van der Waals surface area contributed by atoms with Gasteiger partial charge in [-0.1, -0.05) is 0 Å². The van der Waals surface area contributed by atoms with E-state index in [1.807, 2.05) is 18.7 Å². The van der Waals surface area contributed by atoms with Gasteiger partial charge in [-0.2, -0.15) is 0 Å². The molecule has 1 aliphatic carbocycles. The van der Waals surface area contributed by atoms with Crippen molar-refractivity contribution in [3.05, 3.63) is 23.9 Å². The SMILES string of the molecule is CNS(=O)(=O)c1ccc(C(=O)N2CC(C)(C)O[C@@H]3CCC[C@H]32)cn1. The number of morpholine rings is 1. The molecule has 8 heteroatoms. The van der Waals surface area contributed by atoms with Crippen LogP contribution in [0.4, 0.5) is 0 Å². The van der Waals surface area contributed by atoms with Crippen molar-refractivity contribution < 1.29 is 17.9 Å². The summed E-state index contributed by atoms with van der Waals surface area (Å²) in [6.07, 6.45) is 4.36. The minimum absolute atomic E-state index is 0.0783. The van der Waals surface area contributed by atoms with Crippen LogP contribution in [0.1, 0.15) is 43.5 Å². The zero-order chi connectivity index (χ0) is 17.5. The molecule has 1 aromatic rings. The Morgan fingerprint density at radius 1 is 1.38 bits per heavy atom. The standard InChI is InChI=1S/C16H23N3O4S/c1-16(2)10-19(12-5-4-6-13(12)23-16)15(20)11-7-8-14(18-9-11)24(21,22)17-3/h7-9,12-13,17H,4-6,10H2,1-3H3/t12-,13-/m1/s1. The van der Waals surface area contributed by atoms with E-state index in [1.54, 1.807) is 0 Å². The molecule has 1 amide bonds. The summed E-state index contributed by atoms with van der Waals surface area (Å²) < 4.78 is 31.8. The van der Waals surface area contributed by atoms with Crippen LogP contribution in [0, 0.1) is 0 Å². The number of fused-ring (bicyclic) bond motifs is 1. The number of nitrogens with one attached hydrogen (secondary N) is 1. The molecule has 0 radical (unpaired) electrons. The largest absolute Gasteiger partial charge is 0.368 e. The lowest BCUT2D eigenvalue weighted by Gasteiger charge is -2.46. The molecule has 1 saturated heterocycles. The van der Waals surface area contributed by atoms with Crippen LogP contribution in [0.25, 0.3) is 0 Å². The summed E-state index contributed by atoms with van der Waals surface area (Å²) in [7, 11) is -2.28. The van der Waals surface area contributed by atoms with E-state index in [0.717, 1.165) is 19.3 Å². The highest BCUT2D eigenvalue weighted by atomic mass is 32.2. The van der Waals surface area contributed by atoms with Crippen molar-refractivity contribution in [3.63, 3.8) is 0 Å². The van der Waals surface area contributed by atoms with Gasteiger partial charge in [-0.05, 0) is 52.3 Å². The highest BCUT2D eigenvalue weighted by molar-refractivity contribution is 7.89. The molecule has 2 aliphatic rings. The number of carbonyl (C=O) groups excluding carboxylic acids is 1. The third kappa shape index (κ3) is 3.18.